The number of aromatic nitrogens is 2. The minimum absolute atomic E-state index is 0.175. The molecule has 1 amide bonds. The van der Waals surface area contributed by atoms with Gasteiger partial charge in [0.2, 0.25) is 0 Å². The molecule has 2 N–H and O–H groups in total. The number of nitrogens with one attached hydrogen (secondary N) is 2. The van der Waals surface area contributed by atoms with Gasteiger partial charge in [-0.1, -0.05) is 17.7 Å². The molecule has 24 heavy (non-hydrogen) atoms. The Labute approximate surface area is 143 Å². The Balaban J connectivity index is 2.02. The standard InChI is InChI=1S/C18H25N5O/c1-13-6-8-15(9-7-13)22-17-12-16(20-14(2)21-17)18(24)19-10-5-11-23(3)4/h6-9,12H,5,10-11H2,1-4H3,(H,19,24)(H,20,21,22). The molecule has 0 spiro atoms. The molecule has 0 unspecified atom stereocenters. The van der Waals surface area contributed by atoms with Gasteiger partial charge in [-0.25, -0.2) is 9.97 Å². The summed E-state index contributed by atoms with van der Waals surface area (Å²) < 4.78 is 0. The van der Waals surface area contributed by atoms with Crippen LogP contribution in [0.3, 0.4) is 0 Å². The molecule has 0 bridgehead atoms. The molecule has 2 aromatic rings. The molecule has 6 heteroatoms. The Kier molecular flexibility index (Phi) is 6.26. The van der Waals surface area contributed by atoms with Gasteiger partial charge in [-0.2, -0.15) is 0 Å². The van der Waals surface area contributed by atoms with E-state index in [4.69, 9.17) is 0 Å². The molecular formula is C18H25N5O. The van der Waals surface area contributed by atoms with Crippen LogP contribution in [0.4, 0.5) is 11.5 Å². The lowest BCUT2D eigenvalue weighted by Crippen LogP contribution is -2.28. The fraction of sp³-hybridized carbons (Fsp3) is 0.389. The largest absolute Gasteiger partial charge is 0.351 e. The van der Waals surface area contributed by atoms with E-state index in [1.807, 2.05) is 45.3 Å². The predicted octanol–water partition coefficient (Wildman–Crippen LogP) is 2.52. The first kappa shape index (κ1) is 17.9. The van der Waals surface area contributed by atoms with E-state index in [1.54, 1.807) is 13.0 Å². The third-order valence-electron chi connectivity index (χ3n) is 3.46. The zero-order chi connectivity index (χ0) is 17.5. The predicted molar refractivity (Wildman–Crippen MR) is 96.7 cm³/mol. The molecule has 2 rings (SSSR count). The average Bonchev–Trinajstić information content (AvgIpc) is 2.53. The third kappa shape index (κ3) is 5.62. The van der Waals surface area contributed by atoms with E-state index < -0.39 is 0 Å². The van der Waals surface area contributed by atoms with Crippen molar-refractivity contribution in [2.24, 2.45) is 0 Å². The Bertz CT molecular complexity index is 682. The molecule has 0 saturated carbocycles. The van der Waals surface area contributed by atoms with Gasteiger partial charge in [0, 0.05) is 18.3 Å². The van der Waals surface area contributed by atoms with Crippen LogP contribution in [-0.4, -0.2) is 48.0 Å². The van der Waals surface area contributed by atoms with E-state index in [0.717, 1.165) is 18.7 Å². The van der Waals surface area contributed by atoms with Crippen LogP contribution in [0.15, 0.2) is 30.3 Å². The van der Waals surface area contributed by atoms with E-state index in [2.05, 4.69) is 25.5 Å². The number of hydrogen-bond acceptors (Lipinski definition) is 5. The Morgan fingerprint density at radius 2 is 1.83 bits per heavy atom. The van der Waals surface area contributed by atoms with Gasteiger partial charge in [0.25, 0.3) is 5.91 Å². The molecule has 0 aliphatic carbocycles. The molecule has 0 saturated heterocycles. The second kappa shape index (κ2) is 8.40. The first-order chi connectivity index (χ1) is 11.4. The minimum Gasteiger partial charge on any atom is -0.351 e. The number of anilines is 2. The summed E-state index contributed by atoms with van der Waals surface area (Å²) in [7, 11) is 4.03. The molecule has 0 aliphatic heterocycles. The smallest absolute Gasteiger partial charge is 0.270 e. The molecule has 0 aliphatic rings. The SMILES string of the molecule is Cc1ccc(Nc2cc(C(=O)NCCCN(C)C)nc(C)n2)cc1. The lowest BCUT2D eigenvalue weighted by atomic mass is 10.2. The Hall–Kier alpha value is -2.47. The first-order valence-corrected chi connectivity index (χ1v) is 8.06. The highest BCUT2D eigenvalue weighted by Crippen LogP contribution is 2.16. The molecular weight excluding hydrogens is 302 g/mol. The number of amides is 1. The maximum Gasteiger partial charge on any atom is 0.270 e. The highest BCUT2D eigenvalue weighted by molar-refractivity contribution is 5.93. The summed E-state index contributed by atoms with van der Waals surface area (Å²) in [6.07, 6.45) is 0.900. The van der Waals surface area contributed by atoms with Gasteiger partial charge in [0.15, 0.2) is 0 Å². The van der Waals surface area contributed by atoms with Crippen LogP contribution < -0.4 is 10.6 Å². The van der Waals surface area contributed by atoms with Crippen LogP contribution in [0.25, 0.3) is 0 Å². The van der Waals surface area contributed by atoms with Gasteiger partial charge < -0.3 is 15.5 Å². The molecule has 1 aromatic heterocycles. The van der Waals surface area contributed by atoms with Crippen molar-refractivity contribution in [1.29, 1.82) is 0 Å². The van der Waals surface area contributed by atoms with Crippen molar-refractivity contribution in [2.45, 2.75) is 20.3 Å². The molecule has 0 fully saturated rings. The van der Waals surface area contributed by atoms with E-state index in [1.165, 1.54) is 5.56 Å². The average molecular weight is 327 g/mol. The maximum atomic E-state index is 12.2. The van der Waals surface area contributed by atoms with Crippen molar-refractivity contribution in [1.82, 2.24) is 20.2 Å². The summed E-state index contributed by atoms with van der Waals surface area (Å²) in [5, 5.41) is 6.11. The Morgan fingerprint density at radius 1 is 1.12 bits per heavy atom. The van der Waals surface area contributed by atoms with E-state index >= 15 is 0 Å². The topological polar surface area (TPSA) is 70.2 Å². The van der Waals surface area contributed by atoms with Gasteiger partial charge >= 0.3 is 0 Å². The van der Waals surface area contributed by atoms with Gasteiger partial charge in [-0.15, -0.1) is 0 Å². The fourth-order valence-corrected chi connectivity index (χ4v) is 2.22. The van der Waals surface area contributed by atoms with Crippen molar-refractivity contribution in [3.63, 3.8) is 0 Å². The van der Waals surface area contributed by atoms with Gasteiger partial charge in [0.05, 0.1) is 0 Å². The van der Waals surface area contributed by atoms with E-state index in [9.17, 15) is 4.79 Å². The Morgan fingerprint density at radius 3 is 2.50 bits per heavy atom. The number of carbonyl (C=O) groups is 1. The van der Waals surface area contributed by atoms with Crippen molar-refractivity contribution >= 4 is 17.4 Å². The summed E-state index contributed by atoms with van der Waals surface area (Å²) in [6, 6.07) is 9.68. The number of rotatable bonds is 7. The zero-order valence-corrected chi connectivity index (χ0v) is 14.8. The van der Waals surface area contributed by atoms with Crippen molar-refractivity contribution in [3.8, 4) is 0 Å². The normalized spacial score (nSPS) is 10.7. The second-order valence-corrected chi connectivity index (χ2v) is 6.09. The summed E-state index contributed by atoms with van der Waals surface area (Å²) in [6.45, 7) is 5.38. The number of carbonyl (C=O) groups excluding carboxylic acids is 1. The second-order valence-electron chi connectivity index (χ2n) is 6.09. The molecule has 128 valence electrons. The minimum atomic E-state index is -0.175. The monoisotopic (exact) mass is 327 g/mol. The van der Waals surface area contributed by atoms with Crippen LogP contribution in [0.5, 0.6) is 0 Å². The highest BCUT2D eigenvalue weighted by atomic mass is 16.1. The summed E-state index contributed by atoms with van der Waals surface area (Å²) in [4.78, 5) is 22.9. The fourth-order valence-electron chi connectivity index (χ4n) is 2.22. The lowest BCUT2D eigenvalue weighted by Gasteiger charge is -2.11. The van der Waals surface area contributed by atoms with E-state index in [0.29, 0.717) is 23.9 Å². The highest BCUT2D eigenvalue weighted by Gasteiger charge is 2.10. The third-order valence-corrected chi connectivity index (χ3v) is 3.46. The van der Waals surface area contributed by atoms with Crippen LogP contribution >= 0.6 is 0 Å². The van der Waals surface area contributed by atoms with Crippen molar-refractivity contribution in [3.05, 3.63) is 47.4 Å². The number of nitrogens with zero attached hydrogens (tertiary/aromatic N) is 3. The van der Waals surface area contributed by atoms with Crippen LogP contribution in [0, 0.1) is 13.8 Å². The number of benzene rings is 1. The van der Waals surface area contributed by atoms with E-state index in [-0.39, 0.29) is 5.91 Å². The quantitative estimate of drug-likeness (QED) is 0.765. The van der Waals surface area contributed by atoms with Crippen molar-refractivity contribution in [2.75, 3.05) is 32.5 Å². The van der Waals surface area contributed by atoms with Crippen LogP contribution in [0.1, 0.15) is 28.3 Å². The van der Waals surface area contributed by atoms with Gasteiger partial charge in [-0.05, 0) is 53.0 Å². The summed E-state index contributed by atoms with van der Waals surface area (Å²) in [5.74, 6) is 1.00. The first-order valence-electron chi connectivity index (χ1n) is 8.06. The van der Waals surface area contributed by atoms with Gasteiger partial charge in [-0.3, -0.25) is 4.79 Å². The molecule has 0 radical (unpaired) electrons. The number of hydrogen-bond donors (Lipinski definition) is 2. The summed E-state index contributed by atoms with van der Waals surface area (Å²) >= 11 is 0. The molecule has 1 aromatic carbocycles. The lowest BCUT2D eigenvalue weighted by molar-refractivity contribution is 0.0947. The molecule has 6 nitrogen and oxygen atoms in total. The maximum absolute atomic E-state index is 12.2. The van der Waals surface area contributed by atoms with Gasteiger partial charge in [0.1, 0.15) is 17.3 Å². The van der Waals surface area contributed by atoms with Crippen LogP contribution in [0.2, 0.25) is 0 Å². The van der Waals surface area contributed by atoms with Crippen LogP contribution in [-0.2, 0) is 0 Å². The number of aryl methyl sites for hydroxylation is 2. The molecule has 1 heterocycles. The van der Waals surface area contributed by atoms with Crippen molar-refractivity contribution < 1.29 is 4.79 Å². The summed E-state index contributed by atoms with van der Waals surface area (Å²) in [5.41, 5.74) is 2.50. The molecule has 0 atom stereocenters. The zero-order valence-electron chi connectivity index (χ0n) is 14.8.